The average Bonchev–Trinajstić information content (AvgIpc) is 2.84. The first kappa shape index (κ1) is 20.7. The van der Waals surface area contributed by atoms with Crippen molar-refractivity contribution in [3.8, 4) is 17.2 Å². The largest absolute Gasteiger partial charge is 0.497 e. The highest BCUT2D eigenvalue weighted by Crippen LogP contribution is 2.25. The highest BCUT2D eigenvalue weighted by molar-refractivity contribution is 5.72. The fourth-order valence-corrected chi connectivity index (χ4v) is 3.52. The predicted molar refractivity (Wildman–Crippen MR) is 116 cm³/mol. The number of ether oxygens (including phenoxy) is 3. The minimum atomic E-state index is -0.138. The van der Waals surface area contributed by atoms with Crippen LogP contribution in [-0.4, -0.2) is 36.1 Å². The summed E-state index contributed by atoms with van der Waals surface area (Å²) in [7, 11) is 1.63. The van der Waals surface area contributed by atoms with Crippen LogP contribution in [0.5, 0.6) is 17.2 Å². The van der Waals surface area contributed by atoms with Crippen molar-refractivity contribution in [2.75, 3.05) is 25.1 Å². The number of carbonyl (C=O) groups excluding carboxylic acids is 1. The van der Waals surface area contributed by atoms with Gasteiger partial charge in [-0.1, -0.05) is 12.1 Å². The van der Waals surface area contributed by atoms with Crippen LogP contribution in [0.2, 0.25) is 0 Å². The molecule has 7 heteroatoms. The van der Waals surface area contributed by atoms with E-state index in [1.807, 2.05) is 54.6 Å². The van der Waals surface area contributed by atoms with Gasteiger partial charge < -0.3 is 19.1 Å². The molecule has 1 aliphatic heterocycles. The Morgan fingerprint density at radius 2 is 1.61 bits per heavy atom. The fourth-order valence-electron chi connectivity index (χ4n) is 3.52. The molecule has 0 N–H and O–H groups in total. The van der Waals surface area contributed by atoms with Crippen LogP contribution in [0.4, 0.5) is 5.82 Å². The standard InChI is InChI=1S/C24H25N3O4/c1-29-20-6-8-22(9-7-20)31-21-4-2-18(3-5-21)16-30-24(28)19-11-14-27(15-12-19)23-10-13-25-17-26-23/h2-10,13,17,19H,11-12,14-16H2,1H3. The minimum Gasteiger partial charge on any atom is -0.497 e. The van der Waals surface area contributed by atoms with Crippen molar-refractivity contribution >= 4 is 11.8 Å². The van der Waals surface area contributed by atoms with Gasteiger partial charge >= 0.3 is 5.97 Å². The van der Waals surface area contributed by atoms with Gasteiger partial charge in [0, 0.05) is 19.3 Å². The molecule has 3 aromatic rings. The van der Waals surface area contributed by atoms with Crippen LogP contribution >= 0.6 is 0 Å². The molecule has 0 bridgehead atoms. The van der Waals surface area contributed by atoms with Crippen molar-refractivity contribution in [1.82, 2.24) is 9.97 Å². The summed E-state index contributed by atoms with van der Waals surface area (Å²) < 4.78 is 16.5. The number of hydrogen-bond acceptors (Lipinski definition) is 7. The lowest BCUT2D eigenvalue weighted by Crippen LogP contribution is -2.37. The number of aromatic nitrogens is 2. The Hall–Kier alpha value is -3.61. The van der Waals surface area contributed by atoms with Crippen LogP contribution in [0.3, 0.4) is 0 Å². The Labute approximate surface area is 181 Å². The zero-order chi connectivity index (χ0) is 21.5. The molecule has 0 spiro atoms. The van der Waals surface area contributed by atoms with Crippen LogP contribution in [0.1, 0.15) is 18.4 Å². The molecular weight excluding hydrogens is 394 g/mol. The number of rotatable bonds is 7. The van der Waals surface area contributed by atoms with E-state index in [-0.39, 0.29) is 18.5 Å². The van der Waals surface area contributed by atoms with Gasteiger partial charge in [0.15, 0.2) is 0 Å². The first-order valence-electron chi connectivity index (χ1n) is 10.3. The molecule has 2 heterocycles. The number of carbonyl (C=O) groups is 1. The van der Waals surface area contributed by atoms with Crippen LogP contribution in [-0.2, 0) is 16.1 Å². The Kier molecular flexibility index (Phi) is 6.62. The summed E-state index contributed by atoms with van der Waals surface area (Å²) in [4.78, 5) is 22.9. The molecule has 0 aliphatic carbocycles. The zero-order valence-corrected chi connectivity index (χ0v) is 17.4. The third kappa shape index (κ3) is 5.51. The monoisotopic (exact) mass is 419 g/mol. The molecule has 0 unspecified atom stereocenters. The Balaban J connectivity index is 1.23. The number of nitrogens with zero attached hydrogens (tertiary/aromatic N) is 3. The zero-order valence-electron chi connectivity index (χ0n) is 17.4. The van der Waals surface area contributed by atoms with E-state index in [0.29, 0.717) is 0 Å². The molecule has 1 saturated heterocycles. The molecular formula is C24H25N3O4. The molecule has 0 radical (unpaired) electrons. The maximum atomic E-state index is 12.5. The quantitative estimate of drug-likeness (QED) is 0.530. The highest BCUT2D eigenvalue weighted by atomic mass is 16.5. The number of piperidine rings is 1. The van der Waals surface area contributed by atoms with Crippen LogP contribution in [0.15, 0.2) is 67.1 Å². The summed E-state index contributed by atoms with van der Waals surface area (Å²) in [5.74, 6) is 2.92. The molecule has 1 aliphatic rings. The molecule has 0 atom stereocenters. The van der Waals surface area contributed by atoms with Crippen molar-refractivity contribution in [2.45, 2.75) is 19.4 Å². The molecule has 0 saturated carbocycles. The number of hydrogen-bond donors (Lipinski definition) is 0. The number of esters is 1. The van der Waals surface area contributed by atoms with E-state index in [2.05, 4.69) is 14.9 Å². The van der Waals surface area contributed by atoms with Gasteiger partial charge in [-0.15, -0.1) is 0 Å². The summed E-state index contributed by atoms with van der Waals surface area (Å²) >= 11 is 0. The van der Waals surface area contributed by atoms with E-state index >= 15 is 0 Å². The molecule has 7 nitrogen and oxygen atoms in total. The maximum absolute atomic E-state index is 12.5. The van der Waals surface area contributed by atoms with E-state index in [0.717, 1.165) is 54.6 Å². The summed E-state index contributed by atoms with van der Waals surface area (Å²) in [6, 6.07) is 16.8. The maximum Gasteiger partial charge on any atom is 0.309 e. The van der Waals surface area contributed by atoms with E-state index < -0.39 is 0 Å². The molecule has 2 aromatic carbocycles. The summed E-state index contributed by atoms with van der Waals surface area (Å²) in [6.07, 6.45) is 4.80. The minimum absolute atomic E-state index is 0.0734. The lowest BCUT2D eigenvalue weighted by atomic mass is 9.97. The third-order valence-electron chi connectivity index (χ3n) is 5.32. The van der Waals surface area contributed by atoms with Gasteiger partial charge in [0.05, 0.1) is 13.0 Å². The normalized spacial score (nSPS) is 14.2. The van der Waals surface area contributed by atoms with E-state index in [9.17, 15) is 4.79 Å². The molecule has 4 rings (SSSR count). The van der Waals surface area contributed by atoms with Gasteiger partial charge in [0.1, 0.15) is 36.0 Å². The Morgan fingerprint density at radius 1 is 0.968 bits per heavy atom. The van der Waals surface area contributed by atoms with Crippen LogP contribution in [0, 0.1) is 5.92 Å². The average molecular weight is 419 g/mol. The van der Waals surface area contributed by atoms with Crippen LogP contribution in [0.25, 0.3) is 0 Å². The van der Waals surface area contributed by atoms with Crippen LogP contribution < -0.4 is 14.4 Å². The first-order chi connectivity index (χ1) is 15.2. The smallest absolute Gasteiger partial charge is 0.309 e. The van der Waals surface area contributed by atoms with Gasteiger partial charge in [-0.2, -0.15) is 0 Å². The second kappa shape index (κ2) is 9.93. The van der Waals surface area contributed by atoms with Crippen molar-refractivity contribution in [3.63, 3.8) is 0 Å². The highest BCUT2D eigenvalue weighted by Gasteiger charge is 2.26. The molecule has 1 fully saturated rings. The Bertz CT molecular complexity index is 970. The molecule has 31 heavy (non-hydrogen) atoms. The van der Waals surface area contributed by atoms with Gasteiger partial charge in [0.25, 0.3) is 0 Å². The van der Waals surface area contributed by atoms with E-state index in [4.69, 9.17) is 14.2 Å². The molecule has 0 amide bonds. The van der Waals surface area contributed by atoms with Gasteiger partial charge in [-0.3, -0.25) is 4.79 Å². The second-order valence-electron chi connectivity index (χ2n) is 7.36. The molecule has 1 aromatic heterocycles. The van der Waals surface area contributed by atoms with Gasteiger partial charge in [-0.25, -0.2) is 9.97 Å². The van der Waals surface area contributed by atoms with E-state index in [1.54, 1.807) is 19.6 Å². The van der Waals surface area contributed by atoms with Gasteiger partial charge in [-0.05, 0) is 60.9 Å². The first-order valence-corrected chi connectivity index (χ1v) is 10.3. The summed E-state index contributed by atoms with van der Waals surface area (Å²) in [5, 5.41) is 0. The Morgan fingerprint density at radius 3 is 2.23 bits per heavy atom. The lowest BCUT2D eigenvalue weighted by Gasteiger charge is -2.31. The number of anilines is 1. The topological polar surface area (TPSA) is 73.8 Å². The number of benzene rings is 2. The SMILES string of the molecule is COc1ccc(Oc2ccc(COC(=O)C3CCN(c4ccncn4)CC3)cc2)cc1. The number of methoxy groups -OCH3 is 1. The summed E-state index contributed by atoms with van der Waals surface area (Å²) in [5.41, 5.74) is 0.925. The van der Waals surface area contributed by atoms with Crippen molar-refractivity contribution in [2.24, 2.45) is 5.92 Å². The molecule has 160 valence electrons. The predicted octanol–water partition coefficient (Wildman–Crippen LogP) is 4.24. The fraction of sp³-hybridized carbons (Fsp3) is 0.292. The summed E-state index contributed by atoms with van der Waals surface area (Å²) in [6.45, 7) is 1.83. The van der Waals surface area contributed by atoms with E-state index in [1.165, 1.54) is 0 Å². The van der Waals surface area contributed by atoms with Gasteiger partial charge in [0.2, 0.25) is 0 Å². The second-order valence-corrected chi connectivity index (χ2v) is 7.36. The lowest BCUT2D eigenvalue weighted by molar-refractivity contribution is -0.150. The van der Waals surface area contributed by atoms with Crippen molar-refractivity contribution in [3.05, 3.63) is 72.7 Å². The van der Waals surface area contributed by atoms with Crippen molar-refractivity contribution < 1.29 is 19.0 Å². The van der Waals surface area contributed by atoms with Crippen molar-refractivity contribution in [1.29, 1.82) is 0 Å². The third-order valence-corrected chi connectivity index (χ3v) is 5.32.